The molecule has 2 N–H and O–H groups in total. The lowest BCUT2D eigenvalue weighted by Crippen LogP contribution is -2.45. The van der Waals surface area contributed by atoms with Gasteiger partial charge in [0.1, 0.15) is 0 Å². The third kappa shape index (κ3) is 2.46. The van der Waals surface area contributed by atoms with Crippen molar-refractivity contribution in [1.82, 2.24) is 4.90 Å². The zero-order valence-corrected chi connectivity index (χ0v) is 8.80. The van der Waals surface area contributed by atoms with E-state index in [0.717, 1.165) is 6.42 Å². The molecule has 0 spiro atoms. The summed E-state index contributed by atoms with van der Waals surface area (Å²) in [5.41, 5.74) is 6.45. The number of nitrogens with two attached hydrogens (primary N) is 1. The zero-order valence-electron chi connectivity index (χ0n) is 8.80. The van der Waals surface area contributed by atoms with E-state index in [1.807, 2.05) is 0 Å². The molecular formula is C10H22N2. The van der Waals surface area contributed by atoms with Crippen molar-refractivity contribution in [3.8, 4) is 0 Å². The molecule has 0 radical (unpaired) electrons. The third-order valence-corrected chi connectivity index (χ3v) is 2.91. The summed E-state index contributed by atoms with van der Waals surface area (Å²) >= 11 is 0. The Morgan fingerprint density at radius 1 is 1.25 bits per heavy atom. The van der Waals surface area contributed by atoms with Crippen molar-refractivity contribution < 1.29 is 0 Å². The van der Waals surface area contributed by atoms with Gasteiger partial charge in [-0.15, -0.1) is 0 Å². The fraction of sp³-hybridized carbons (Fsp3) is 1.00. The highest BCUT2D eigenvalue weighted by Gasteiger charge is 2.32. The Balaban J connectivity index is 2.58. The maximum Gasteiger partial charge on any atom is 0.0109 e. The van der Waals surface area contributed by atoms with Gasteiger partial charge in [-0.05, 0) is 38.8 Å². The van der Waals surface area contributed by atoms with Gasteiger partial charge in [0.2, 0.25) is 0 Å². The van der Waals surface area contributed by atoms with Crippen LogP contribution in [0.4, 0.5) is 0 Å². The van der Waals surface area contributed by atoms with E-state index in [-0.39, 0.29) is 0 Å². The lowest BCUT2D eigenvalue weighted by Gasteiger charge is -2.41. The SMILES string of the molecule is CN(C)C1CC(N)CC(C)(C)C1. The van der Waals surface area contributed by atoms with Crippen molar-refractivity contribution in [2.45, 2.75) is 45.2 Å². The van der Waals surface area contributed by atoms with E-state index in [2.05, 4.69) is 32.8 Å². The highest BCUT2D eigenvalue weighted by atomic mass is 15.1. The first-order chi connectivity index (χ1) is 5.41. The van der Waals surface area contributed by atoms with E-state index in [1.165, 1.54) is 12.8 Å². The van der Waals surface area contributed by atoms with Crippen LogP contribution in [-0.4, -0.2) is 31.1 Å². The maximum atomic E-state index is 6.01. The minimum atomic E-state index is 0.404. The third-order valence-electron chi connectivity index (χ3n) is 2.91. The predicted molar refractivity (Wildman–Crippen MR) is 53.1 cm³/mol. The molecule has 0 heterocycles. The van der Waals surface area contributed by atoms with Gasteiger partial charge in [0.05, 0.1) is 0 Å². The molecule has 1 rings (SSSR count). The number of nitrogens with zero attached hydrogens (tertiary/aromatic N) is 1. The summed E-state index contributed by atoms with van der Waals surface area (Å²) in [6, 6.07) is 1.09. The number of hydrogen-bond acceptors (Lipinski definition) is 2. The molecule has 0 aliphatic heterocycles. The predicted octanol–water partition coefficient (Wildman–Crippen LogP) is 1.45. The molecule has 2 atom stereocenters. The quantitative estimate of drug-likeness (QED) is 0.645. The molecule has 1 fully saturated rings. The van der Waals surface area contributed by atoms with Crippen LogP contribution in [0.5, 0.6) is 0 Å². The van der Waals surface area contributed by atoms with Crippen LogP contribution in [0.25, 0.3) is 0 Å². The molecule has 0 aromatic heterocycles. The molecule has 2 heteroatoms. The minimum absolute atomic E-state index is 0.404. The van der Waals surface area contributed by atoms with Gasteiger partial charge in [-0.25, -0.2) is 0 Å². The van der Waals surface area contributed by atoms with E-state index in [4.69, 9.17) is 5.73 Å². The summed E-state index contributed by atoms with van der Waals surface area (Å²) in [7, 11) is 4.30. The molecule has 1 aliphatic rings. The smallest absolute Gasteiger partial charge is 0.0109 e. The molecule has 1 aliphatic carbocycles. The molecule has 2 nitrogen and oxygen atoms in total. The standard InChI is InChI=1S/C10H22N2/c1-10(2)6-8(11)5-9(7-10)12(3)4/h8-9H,5-7,11H2,1-4H3. The van der Waals surface area contributed by atoms with Crippen LogP contribution in [0.3, 0.4) is 0 Å². The lowest BCUT2D eigenvalue weighted by molar-refractivity contribution is 0.118. The monoisotopic (exact) mass is 170 g/mol. The van der Waals surface area contributed by atoms with Crippen LogP contribution >= 0.6 is 0 Å². The van der Waals surface area contributed by atoms with Crippen molar-refractivity contribution in [2.24, 2.45) is 11.1 Å². The van der Waals surface area contributed by atoms with E-state index in [9.17, 15) is 0 Å². The van der Waals surface area contributed by atoms with Gasteiger partial charge in [0.25, 0.3) is 0 Å². The second-order valence-electron chi connectivity index (χ2n) is 5.19. The van der Waals surface area contributed by atoms with Crippen LogP contribution in [0.1, 0.15) is 33.1 Å². The van der Waals surface area contributed by atoms with Crippen LogP contribution in [0, 0.1) is 5.41 Å². The summed E-state index contributed by atoms with van der Waals surface area (Å²) in [4.78, 5) is 2.31. The minimum Gasteiger partial charge on any atom is -0.328 e. The van der Waals surface area contributed by atoms with Gasteiger partial charge in [-0.3, -0.25) is 0 Å². The van der Waals surface area contributed by atoms with E-state index in [1.54, 1.807) is 0 Å². The molecule has 0 amide bonds. The first-order valence-corrected chi connectivity index (χ1v) is 4.83. The molecule has 12 heavy (non-hydrogen) atoms. The average Bonchev–Trinajstić information content (AvgIpc) is 1.82. The Hall–Kier alpha value is -0.0800. The Morgan fingerprint density at radius 3 is 2.25 bits per heavy atom. The van der Waals surface area contributed by atoms with Crippen molar-refractivity contribution in [3.05, 3.63) is 0 Å². The van der Waals surface area contributed by atoms with Crippen molar-refractivity contribution in [2.75, 3.05) is 14.1 Å². The van der Waals surface area contributed by atoms with E-state index < -0.39 is 0 Å². The fourth-order valence-corrected chi connectivity index (χ4v) is 2.34. The highest BCUT2D eigenvalue weighted by molar-refractivity contribution is 4.89. The van der Waals surface area contributed by atoms with Gasteiger partial charge >= 0.3 is 0 Å². The first kappa shape index (κ1) is 10.0. The van der Waals surface area contributed by atoms with Gasteiger partial charge in [0.15, 0.2) is 0 Å². The van der Waals surface area contributed by atoms with Crippen molar-refractivity contribution in [1.29, 1.82) is 0 Å². The summed E-state index contributed by atoms with van der Waals surface area (Å²) < 4.78 is 0. The summed E-state index contributed by atoms with van der Waals surface area (Å²) in [5, 5.41) is 0. The number of rotatable bonds is 1. The topological polar surface area (TPSA) is 29.3 Å². The summed E-state index contributed by atoms with van der Waals surface area (Å²) in [6.07, 6.45) is 3.63. The van der Waals surface area contributed by atoms with E-state index >= 15 is 0 Å². The zero-order chi connectivity index (χ0) is 9.35. The molecular weight excluding hydrogens is 148 g/mol. The second-order valence-corrected chi connectivity index (χ2v) is 5.19. The first-order valence-electron chi connectivity index (χ1n) is 4.83. The average molecular weight is 170 g/mol. The number of hydrogen-bond donors (Lipinski definition) is 1. The van der Waals surface area contributed by atoms with Gasteiger partial charge < -0.3 is 10.6 Å². The molecule has 0 aromatic carbocycles. The maximum absolute atomic E-state index is 6.01. The van der Waals surface area contributed by atoms with Crippen LogP contribution in [-0.2, 0) is 0 Å². The van der Waals surface area contributed by atoms with E-state index in [0.29, 0.717) is 17.5 Å². The van der Waals surface area contributed by atoms with Gasteiger partial charge in [-0.1, -0.05) is 13.8 Å². The largest absolute Gasteiger partial charge is 0.328 e. The van der Waals surface area contributed by atoms with Crippen LogP contribution in [0.2, 0.25) is 0 Å². The van der Waals surface area contributed by atoms with Gasteiger partial charge in [-0.2, -0.15) is 0 Å². The second kappa shape index (κ2) is 3.35. The lowest BCUT2D eigenvalue weighted by atomic mass is 9.73. The normalized spacial score (nSPS) is 35.5. The fourth-order valence-electron chi connectivity index (χ4n) is 2.34. The Bertz CT molecular complexity index is 152. The Labute approximate surface area is 76.1 Å². The molecule has 2 unspecified atom stereocenters. The molecule has 0 aromatic rings. The Morgan fingerprint density at radius 2 is 1.83 bits per heavy atom. The Kier molecular flexibility index (Phi) is 2.79. The summed E-state index contributed by atoms with van der Waals surface area (Å²) in [6.45, 7) is 4.64. The highest BCUT2D eigenvalue weighted by Crippen LogP contribution is 2.35. The summed E-state index contributed by atoms with van der Waals surface area (Å²) in [5.74, 6) is 0. The van der Waals surface area contributed by atoms with Crippen molar-refractivity contribution >= 4 is 0 Å². The molecule has 0 saturated heterocycles. The molecule has 0 bridgehead atoms. The molecule has 1 saturated carbocycles. The van der Waals surface area contributed by atoms with Gasteiger partial charge in [0, 0.05) is 12.1 Å². The van der Waals surface area contributed by atoms with Crippen molar-refractivity contribution in [3.63, 3.8) is 0 Å². The van der Waals surface area contributed by atoms with Crippen LogP contribution < -0.4 is 5.73 Å². The molecule has 72 valence electrons. The van der Waals surface area contributed by atoms with Crippen LogP contribution in [0.15, 0.2) is 0 Å².